The lowest BCUT2D eigenvalue weighted by Gasteiger charge is -2.16. The Bertz CT molecular complexity index is 583. The van der Waals surface area contributed by atoms with Gasteiger partial charge in [0.2, 0.25) is 6.79 Å². The molecule has 2 aromatic rings. The molecule has 1 aliphatic rings. The Morgan fingerprint density at radius 3 is 2.58 bits per heavy atom. The summed E-state index contributed by atoms with van der Waals surface area (Å²) in [5, 5.41) is 3.46. The first-order chi connectivity index (χ1) is 9.22. The van der Waals surface area contributed by atoms with Gasteiger partial charge in [-0.05, 0) is 36.8 Å². The van der Waals surface area contributed by atoms with Crippen LogP contribution in [0.4, 0.5) is 5.69 Å². The molecule has 0 saturated carbocycles. The minimum atomic E-state index is 0.230. The molecule has 2 aromatic carbocycles. The van der Waals surface area contributed by atoms with Crippen molar-refractivity contribution in [2.24, 2.45) is 0 Å². The number of anilines is 1. The molecule has 19 heavy (non-hydrogen) atoms. The third kappa shape index (κ3) is 2.68. The van der Waals surface area contributed by atoms with Crippen molar-refractivity contribution >= 4 is 21.6 Å². The van der Waals surface area contributed by atoms with E-state index in [0.29, 0.717) is 6.79 Å². The highest BCUT2D eigenvalue weighted by atomic mass is 79.9. The molecule has 1 aliphatic heterocycles. The Balaban J connectivity index is 1.75. The molecule has 3 nitrogen and oxygen atoms in total. The van der Waals surface area contributed by atoms with E-state index in [1.807, 2.05) is 30.3 Å². The van der Waals surface area contributed by atoms with Crippen LogP contribution in [0.25, 0.3) is 0 Å². The topological polar surface area (TPSA) is 30.5 Å². The summed E-state index contributed by atoms with van der Waals surface area (Å²) >= 11 is 3.44. The number of nitrogens with one attached hydrogen (secondary N) is 1. The van der Waals surface area contributed by atoms with Crippen LogP contribution < -0.4 is 14.8 Å². The first-order valence-corrected chi connectivity index (χ1v) is 6.93. The first-order valence-electron chi connectivity index (χ1n) is 6.14. The lowest BCUT2D eigenvalue weighted by molar-refractivity contribution is 0.174. The third-order valence-corrected chi connectivity index (χ3v) is 3.65. The highest BCUT2D eigenvalue weighted by Crippen LogP contribution is 2.35. The number of hydrogen-bond donors (Lipinski definition) is 1. The van der Waals surface area contributed by atoms with Crippen LogP contribution in [-0.2, 0) is 0 Å². The van der Waals surface area contributed by atoms with Crippen molar-refractivity contribution in [3.05, 3.63) is 52.5 Å². The van der Waals surface area contributed by atoms with Crippen molar-refractivity contribution in [2.45, 2.75) is 13.0 Å². The molecule has 1 N–H and O–H groups in total. The van der Waals surface area contributed by atoms with Crippen molar-refractivity contribution in [1.29, 1.82) is 0 Å². The predicted molar refractivity (Wildman–Crippen MR) is 78.7 cm³/mol. The van der Waals surface area contributed by atoms with E-state index < -0.39 is 0 Å². The normalized spacial score (nSPS) is 14.2. The molecule has 0 aliphatic carbocycles. The van der Waals surface area contributed by atoms with Crippen molar-refractivity contribution in [3.63, 3.8) is 0 Å². The summed E-state index contributed by atoms with van der Waals surface area (Å²) < 4.78 is 11.8. The predicted octanol–water partition coefficient (Wildman–Crippen LogP) is 4.35. The SMILES string of the molecule is CC(Nc1ccc2c(c1)OCO2)c1ccc(Br)cc1. The lowest BCUT2D eigenvalue weighted by Crippen LogP contribution is -2.06. The summed E-state index contributed by atoms with van der Waals surface area (Å²) in [6, 6.07) is 14.4. The Morgan fingerprint density at radius 1 is 1.05 bits per heavy atom. The zero-order valence-electron chi connectivity index (χ0n) is 10.5. The maximum Gasteiger partial charge on any atom is 0.231 e. The minimum Gasteiger partial charge on any atom is -0.454 e. The lowest BCUT2D eigenvalue weighted by atomic mass is 10.1. The summed E-state index contributed by atoms with van der Waals surface area (Å²) in [5.41, 5.74) is 2.26. The average molecular weight is 320 g/mol. The number of halogens is 1. The van der Waals surface area contributed by atoms with Crippen LogP contribution in [0.15, 0.2) is 46.9 Å². The van der Waals surface area contributed by atoms with E-state index in [1.165, 1.54) is 5.56 Å². The molecule has 0 radical (unpaired) electrons. The van der Waals surface area contributed by atoms with Gasteiger partial charge in [-0.25, -0.2) is 0 Å². The van der Waals surface area contributed by atoms with Gasteiger partial charge in [0.25, 0.3) is 0 Å². The highest BCUT2D eigenvalue weighted by Gasteiger charge is 2.14. The zero-order chi connectivity index (χ0) is 13.2. The third-order valence-electron chi connectivity index (χ3n) is 3.13. The average Bonchev–Trinajstić information content (AvgIpc) is 2.87. The maximum atomic E-state index is 5.37. The van der Waals surface area contributed by atoms with E-state index in [2.05, 4.69) is 40.3 Å². The maximum absolute atomic E-state index is 5.37. The summed E-state index contributed by atoms with van der Waals surface area (Å²) in [4.78, 5) is 0. The number of benzene rings is 2. The molecule has 1 atom stereocenters. The Hall–Kier alpha value is -1.68. The minimum absolute atomic E-state index is 0.230. The highest BCUT2D eigenvalue weighted by molar-refractivity contribution is 9.10. The van der Waals surface area contributed by atoms with Gasteiger partial charge in [0.15, 0.2) is 11.5 Å². The molecule has 0 spiro atoms. The van der Waals surface area contributed by atoms with Crippen molar-refractivity contribution < 1.29 is 9.47 Å². The van der Waals surface area contributed by atoms with Gasteiger partial charge in [-0.2, -0.15) is 0 Å². The second-order valence-corrected chi connectivity index (χ2v) is 5.40. The van der Waals surface area contributed by atoms with E-state index >= 15 is 0 Å². The van der Waals surface area contributed by atoms with E-state index in [9.17, 15) is 0 Å². The first kappa shape index (κ1) is 12.4. The standard InChI is InChI=1S/C15H14BrNO2/c1-10(11-2-4-12(16)5-3-11)17-13-6-7-14-15(8-13)19-9-18-14/h2-8,10,17H,9H2,1H3. The van der Waals surface area contributed by atoms with Crippen LogP contribution in [0.1, 0.15) is 18.5 Å². The Morgan fingerprint density at radius 2 is 1.79 bits per heavy atom. The number of ether oxygens (including phenoxy) is 2. The smallest absolute Gasteiger partial charge is 0.231 e. The van der Waals surface area contributed by atoms with E-state index in [0.717, 1.165) is 21.7 Å². The van der Waals surface area contributed by atoms with Gasteiger partial charge in [0, 0.05) is 22.3 Å². The van der Waals surface area contributed by atoms with Gasteiger partial charge in [-0.15, -0.1) is 0 Å². The molecule has 0 fully saturated rings. The second-order valence-electron chi connectivity index (χ2n) is 4.49. The van der Waals surface area contributed by atoms with Crippen LogP contribution >= 0.6 is 15.9 Å². The van der Waals surface area contributed by atoms with Gasteiger partial charge in [-0.3, -0.25) is 0 Å². The molecule has 98 valence electrons. The van der Waals surface area contributed by atoms with Crippen LogP contribution in [-0.4, -0.2) is 6.79 Å². The molecule has 4 heteroatoms. The fourth-order valence-corrected chi connectivity index (χ4v) is 2.34. The van der Waals surface area contributed by atoms with Gasteiger partial charge < -0.3 is 14.8 Å². The van der Waals surface area contributed by atoms with E-state index in [4.69, 9.17) is 9.47 Å². The number of rotatable bonds is 3. The molecule has 1 unspecified atom stereocenters. The van der Waals surface area contributed by atoms with E-state index in [-0.39, 0.29) is 6.04 Å². The monoisotopic (exact) mass is 319 g/mol. The summed E-state index contributed by atoms with van der Waals surface area (Å²) in [6.45, 7) is 2.44. The van der Waals surface area contributed by atoms with Crippen LogP contribution in [0.5, 0.6) is 11.5 Å². The fraction of sp³-hybridized carbons (Fsp3) is 0.200. The van der Waals surface area contributed by atoms with Gasteiger partial charge >= 0.3 is 0 Å². The van der Waals surface area contributed by atoms with Crippen molar-refractivity contribution in [3.8, 4) is 11.5 Å². The molecular formula is C15H14BrNO2. The van der Waals surface area contributed by atoms with Gasteiger partial charge in [0.05, 0.1) is 0 Å². The molecule has 1 heterocycles. The van der Waals surface area contributed by atoms with Crippen molar-refractivity contribution in [2.75, 3.05) is 12.1 Å². The summed E-state index contributed by atoms with van der Waals surface area (Å²) in [6.07, 6.45) is 0. The van der Waals surface area contributed by atoms with Crippen LogP contribution in [0.3, 0.4) is 0 Å². The Kier molecular flexibility index (Phi) is 3.34. The zero-order valence-corrected chi connectivity index (χ0v) is 12.1. The molecule has 0 saturated heterocycles. The molecule has 0 aromatic heterocycles. The van der Waals surface area contributed by atoms with Gasteiger partial charge in [0.1, 0.15) is 0 Å². The second kappa shape index (κ2) is 5.13. The van der Waals surface area contributed by atoms with Crippen molar-refractivity contribution in [1.82, 2.24) is 0 Å². The number of fused-ring (bicyclic) bond motifs is 1. The summed E-state index contributed by atoms with van der Waals surface area (Å²) in [5.74, 6) is 1.61. The molecular weight excluding hydrogens is 306 g/mol. The number of hydrogen-bond acceptors (Lipinski definition) is 3. The molecule has 3 rings (SSSR count). The van der Waals surface area contributed by atoms with E-state index in [1.54, 1.807) is 0 Å². The Labute approximate surface area is 120 Å². The molecule has 0 bridgehead atoms. The quantitative estimate of drug-likeness (QED) is 0.912. The fourth-order valence-electron chi connectivity index (χ4n) is 2.07. The largest absolute Gasteiger partial charge is 0.454 e. The molecule has 0 amide bonds. The summed E-state index contributed by atoms with van der Waals surface area (Å²) in [7, 11) is 0. The van der Waals surface area contributed by atoms with Crippen LogP contribution in [0, 0.1) is 0 Å². The van der Waals surface area contributed by atoms with Gasteiger partial charge in [-0.1, -0.05) is 28.1 Å². The van der Waals surface area contributed by atoms with Crippen LogP contribution in [0.2, 0.25) is 0 Å².